The smallest absolute Gasteiger partial charge is 0.339 e. The Morgan fingerprint density at radius 3 is 2.42 bits per heavy atom. The Morgan fingerprint density at radius 1 is 1.21 bits per heavy atom. The third-order valence-electron chi connectivity index (χ3n) is 3.80. The monoisotopic (exact) mass is 262 g/mol. The maximum Gasteiger partial charge on any atom is 0.339 e. The predicted molar refractivity (Wildman–Crippen MR) is 74.7 cm³/mol. The van der Waals surface area contributed by atoms with Gasteiger partial charge < -0.3 is 9.84 Å². The number of carbonyl (C=O) groups is 1. The summed E-state index contributed by atoms with van der Waals surface area (Å²) in [4.78, 5) is 11.2. The van der Waals surface area contributed by atoms with E-state index in [1.54, 1.807) is 6.07 Å². The second-order valence-corrected chi connectivity index (χ2v) is 5.96. The first-order valence-electron chi connectivity index (χ1n) is 6.96. The van der Waals surface area contributed by atoms with Gasteiger partial charge in [0.2, 0.25) is 0 Å². The van der Waals surface area contributed by atoms with Crippen LogP contribution in [-0.4, -0.2) is 17.2 Å². The van der Waals surface area contributed by atoms with Crippen molar-refractivity contribution in [1.29, 1.82) is 0 Å². The fourth-order valence-corrected chi connectivity index (χ4v) is 3.05. The summed E-state index contributed by atoms with van der Waals surface area (Å²) in [6.07, 6.45) is 3.40. The van der Waals surface area contributed by atoms with E-state index < -0.39 is 5.97 Å². The molecule has 1 aliphatic rings. The minimum absolute atomic E-state index is 0.138. The van der Waals surface area contributed by atoms with E-state index in [-0.39, 0.29) is 11.7 Å². The highest BCUT2D eigenvalue weighted by Crippen LogP contribution is 2.32. The van der Waals surface area contributed by atoms with Crippen LogP contribution in [0.3, 0.4) is 0 Å². The lowest BCUT2D eigenvalue weighted by atomic mass is 9.82. The van der Waals surface area contributed by atoms with Gasteiger partial charge in [0.1, 0.15) is 11.3 Å². The molecule has 3 nitrogen and oxygen atoms in total. The quantitative estimate of drug-likeness (QED) is 0.898. The van der Waals surface area contributed by atoms with Crippen LogP contribution in [0, 0.1) is 18.8 Å². The number of benzene rings is 1. The molecule has 19 heavy (non-hydrogen) atoms. The predicted octanol–water partition coefficient (Wildman–Crippen LogP) is 3.90. The Bertz CT molecular complexity index is 457. The van der Waals surface area contributed by atoms with Gasteiger partial charge in [-0.05, 0) is 55.7 Å². The number of hydrogen-bond acceptors (Lipinski definition) is 2. The largest absolute Gasteiger partial charge is 0.489 e. The van der Waals surface area contributed by atoms with Crippen LogP contribution in [0.25, 0.3) is 0 Å². The lowest BCUT2D eigenvalue weighted by Crippen LogP contribution is -2.29. The molecule has 0 bridgehead atoms. The van der Waals surface area contributed by atoms with Crippen molar-refractivity contribution in [3.8, 4) is 5.75 Å². The molecule has 1 saturated carbocycles. The maximum absolute atomic E-state index is 11.2. The van der Waals surface area contributed by atoms with Crippen LogP contribution in [0.4, 0.5) is 0 Å². The molecule has 0 amide bonds. The van der Waals surface area contributed by atoms with Gasteiger partial charge in [-0.1, -0.05) is 19.9 Å². The Morgan fingerprint density at radius 2 is 1.84 bits per heavy atom. The lowest BCUT2D eigenvalue weighted by Gasteiger charge is -2.32. The van der Waals surface area contributed by atoms with E-state index in [0.29, 0.717) is 17.6 Å². The Kier molecular flexibility index (Phi) is 4.13. The molecule has 1 fully saturated rings. The summed E-state index contributed by atoms with van der Waals surface area (Å²) >= 11 is 0. The zero-order chi connectivity index (χ0) is 14.0. The van der Waals surface area contributed by atoms with Crippen LogP contribution >= 0.6 is 0 Å². The van der Waals surface area contributed by atoms with Gasteiger partial charge in [-0.3, -0.25) is 0 Å². The van der Waals surface area contributed by atoms with E-state index >= 15 is 0 Å². The molecule has 2 atom stereocenters. The molecule has 0 aliphatic heterocycles. The number of aryl methyl sites for hydroxylation is 1. The van der Waals surface area contributed by atoms with E-state index in [9.17, 15) is 9.90 Å². The topological polar surface area (TPSA) is 46.5 Å². The normalized spacial score (nSPS) is 27.0. The minimum Gasteiger partial charge on any atom is -0.489 e. The van der Waals surface area contributed by atoms with Crippen LogP contribution < -0.4 is 4.74 Å². The molecule has 2 rings (SSSR count). The van der Waals surface area contributed by atoms with Crippen LogP contribution in [0.2, 0.25) is 0 Å². The van der Waals surface area contributed by atoms with Gasteiger partial charge in [0, 0.05) is 0 Å². The molecular weight excluding hydrogens is 240 g/mol. The highest BCUT2D eigenvalue weighted by Gasteiger charge is 2.26. The highest BCUT2D eigenvalue weighted by molar-refractivity contribution is 5.91. The lowest BCUT2D eigenvalue weighted by molar-refractivity contribution is 0.0676. The van der Waals surface area contributed by atoms with Crippen LogP contribution in [0.15, 0.2) is 18.2 Å². The number of hydrogen-bond donors (Lipinski definition) is 1. The molecular formula is C16H22O3. The van der Waals surface area contributed by atoms with Gasteiger partial charge >= 0.3 is 5.97 Å². The summed E-state index contributed by atoms with van der Waals surface area (Å²) in [7, 11) is 0. The third kappa shape index (κ3) is 3.49. The van der Waals surface area contributed by atoms with Gasteiger partial charge in [-0.15, -0.1) is 0 Å². The first kappa shape index (κ1) is 13.9. The van der Waals surface area contributed by atoms with E-state index in [2.05, 4.69) is 13.8 Å². The van der Waals surface area contributed by atoms with Gasteiger partial charge in [0.05, 0.1) is 6.10 Å². The van der Waals surface area contributed by atoms with Gasteiger partial charge in [0.15, 0.2) is 0 Å². The summed E-state index contributed by atoms with van der Waals surface area (Å²) < 4.78 is 5.99. The van der Waals surface area contributed by atoms with Crippen molar-refractivity contribution in [2.45, 2.75) is 46.1 Å². The standard InChI is InChI=1S/C16H22O3/c1-10-4-5-14(16(17)18)15(9-10)19-13-7-11(2)6-12(3)8-13/h4-5,9,11-13H,6-8H2,1-3H3,(H,17,18). The Labute approximate surface area is 114 Å². The molecule has 1 aliphatic carbocycles. The average Bonchev–Trinajstić information content (AvgIpc) is 2.26. The molecule has 0 heterocycles. The fraction of sp³-hybridized carbons (Fsp3) is 0.562. The van der Waals surface area contributed by atoms with E-state index in [1.807, 2.05) is 19.1 Å². The van der Waals surface area contributed by atoms with Crippen molar-refractivity contribution >= 4 is 5.97 Å². The third-order valence-corrected chi connectivity index (χ3v) is 3.80. The summed E-state index contributed by atoms with van der Waals surface area (Å²) in [6, 6.07) is 5.26. The average molecular weight is 262 g/mol. The number of carboxylic acids is 1. The van der Waals surface area contributed by atoms with E-state index in [1.165, 1.54) is 6.42 Å². The minimum atomic E-state index is -0.924. The molecule has 1 N–H and O–H groups in total. The maximum atomic E-state index is 11.2. The first-order valence-corrected chi connectivity index (χ1v) is 6.96. The zero-order valence-electron chi connectivity index (χ0n) is 11.8. The second kappa shape index (κ2) is 5.64. The zero-order valence-corrected chi connectivity index (χ0v) is 11.8. The summed E-state index contributed by atoms with van der Waals surface area (Å²) in [5.74, 6) is 0.879. The van der Waals surface area contributed by atoms with Crippen LogP contribution in [0.5, 0.6) is 5.75 Å². The summed E-state index contributed by atoms with van der Waals surface area (Å²) in [5, 5.41) is 9.21. The molecule has 1 aromatic rings. The fourth-order valence-electron chi connectivity index (χ4n) is 3.05. The van der Waals surface area contributed by atoms with E-state index in [4.69, 9.17) is 4.74 Å². The molecule has 0 spiro atoms. The van der Waals surface area contributed by atoms with Crippen molar-refractivity contribution in [2.75, 3.05) is 0 Å². The number of rotatable bonds is 3. The van der Waals surface area contributed by atoms with Gasteiger partial charge in [-0.25, -0.2) is 4.79 Å². The SMILES string of the molecule is Cc1ccc(C(=O)O)c(OC2CC(C)CC(C)C2)c1. The van der Waals surface area contributed by atoms with E-state index in [0.717, 1.165) is 18.4 Å². The van der Waals surface area contributed by atoms with Gasteiger partial charge in [-0.2, -0.15) is 0 Å². The van der Waals surface area contributed by atoms with Crippen LogP contribution in [-0.2, 0) is 0 Å². The molecule has 0 saturated heterocycles. The first-order chi connectivity index (χ1) is 8.95. The molecule has 1 aromatic carbocycles. The van der Waals surface area contributed by atoms with Crippen LogP contribution in [0.1, 0.15) is 49.0 Å². The molecule has 0 radical (unpaired) electrons. The van der Waals surface area contributed by atoms with Crippen molar-refractivity contribution < 1.29 is 14.6 Å². The summed E-state index contributed by atoms with van der Waals surface area (Å²) in [5.41, 5.74) is 1.29. The molecule has 3 heteroatoms. The number of carboxylic acid groups (broad SMARTS) is 1. The number of ether oxygens (including phenoxy) is 1. The van der Waals surface area contributed by atoms with Crippen molar-refractivity contribution in [2.24, 2.45) is 11.8 Å². The number of aromatic carboxylic acids is 1. The molecule has 2 unspecified atom stereocenters. The Hall–Kier alpha value is -1.51. The molecule has 0 aromatic heterocycles. The highest BCUT2D eigenvalue weighted by atomic mass is 16.5. The van der Waals surface area contributed by atoms with Crippen molar-refractivity contribution in [3.63, 3.8) is 0 Å². The Balaban J connectivity index is 2.18. The summed E-state index contributed by atoms with van der Waals surface area (Å²) in [6.45, 7) is 6.42. The molecule has 104 valence electrons. The van der Waals surface area contributed by atoms with Crippen molar-refractivity contribution in [1.82, 2.24) is 0 Å². The van der Waals surface area contributed by atoms with Crippen molar-refractivity contribution in [3.05, 3.63) is 29.3 Å². The second-order valence-electron chi connectivity index (χ2n) is 5.96. The van der Waals surface area contributed by atoms with Gasteiger partial charge in [0.25, 0.3) is 0 Å².